The van der Waals surface area contributed by atoms with Crippen LogP contribution in [0.3, 0.4) is 0 Å². The van der Waals surface area contributed by atoms with Gasteiger partial charge in [-0.3, -0.25) is 9.89 Å². The van der Waals surface area contributed by atoms with Gasteiger partial charge in [-0.05, 0) is 6.42 Å². The van der Waals surface area contributed by atoms with E-state index in [9.17, 15) is 4.79 Å². The number of aromatic nitrogens is 4. The van der Waals surface area contributed by atoms with Gasteiger partial charge in [0.2, 0.25) is 11.9 Å². The average Bonchev–Trinajstić information content (AvgIpc) is 3.02. The Morgan fingerprint density at radius 2 is 2.38 bits per heavy atom. The number of hydrogen-bond donors (Lipinski definition) is 3. The second-order valence-corrected chi connectivity index (χ2v) is 5.81. The molecular formula is C14H21N7O3. The van der Waals surface area contributed by atoms with Crippen molar-refractivity contribution >= 4 is 28.7 Å². The highest BCUT2D eigenvalue weighted by molar-refractivity contribution is 5.86. The van der Waals surface area contributed by atoms with Gasteiger partial charge in [0.15, 0.2) is 5.65 Å². The fraction of sp³-hybridized carbons (Fsp3) is 0.571. The topological polar surface area (TPSA) is 131 Å². The number of anilines is 2. The van der Waals surface area contributed by atoms with E-state index in [1.807, 2.05) is 0 Å². The van der Waals surface area contributed by atoms with Crippen molar-refractivity contribution in [1.29, 1.82) is 0 Å². The number of likely N-dealkylation sites (N-methyl/N-ethyl adjacent to an activating group) is 1. The van der Waals surface area contributed by atoms with Crippen LogP contribution in [-0.2, 0) is 14.3 Å². The Labute approximate surface area is 138 Å². The number of carbonyl (C=O) groups is 1. The first-order chi connectivity index (χ1) is 11.5. The summed E-state index contributed by atoms with van der Waals surface area (Å²) in [5, 5.41) is 10.7. The molecule has 0 aliphatic carbocycles. The molecule has 2 aromatic rings. The molecule has 0 aromatic carbocycles. The molecular weight excluding hydrogens is 314 g/mol. The number of nitrogens with two attached hydrogens (primary N) is 1. The van der Waals surface area contributed by atoms with Crippen LogP contribution in [0.25, 0.3) is 11.0 Å². The van der Waals surface area contributed by atoms with Crippen LogP contribution in [0.5, 0.6) is 0 Å². The van der Waals surface area contributed by atoms with Crippen molar-refractivity contribution in [2.75, 3.05) is 45.0 Å². The van der Waals surface area contributed by atoms with Crippen LogP contribution in [0.2, 0.25) is 0 Å². The number of fused-ring (bicyclic) bond motifs is 1. The third-order valence-electron chi connectivity index (χ3n) is 3.86. The van der Waals surface area contributed by atoms with E-state index >= 15 is 0 Å². The van der Waals surface area contributed by atoms with Gasteiger partial charge in [0, 0.05) is 20.7 Å². The van der Waals surface area contributed by atoms with E-state index in [1.54, 1.807) is 20.3 Å². The molecule has 0 spiro atoms. The molecule has 10 heteroatoms. The number of nitrogens with one attached hydrogen (secondary N) is 2. The van der Waals surface area contributed by atoms with Gasteiger partial charge in [0.1, 0.15) is 12.4 Å². The van der Waals surface area contributed by atoms with Crippen molar-refractivity contribution < 1.29 is 14.3 Å². The van der Waals surface area contributed by atoms with Crippen molar-refractivity contribution in [2.45, 2.75) is 18.6 Å². The van der Waals surface area contributed by atoms with Crippen molar-refractivity contribution in [3.8, 4) is 0 Å². The number of aromatic amines is 1. The molecule has 1 fully saturated rings. The molecule has 1 saturated heterocycles. The molecule has 130 valence electrons. The van der Waals surface area contributed by atoms with E-state index in [0.717, 1.165) is 5.39 Å². The summed E-state index contributed by atoms with van der Waals surface area (Å²) in [6, 6.07) is -0.152. The Morgan fingerprint density at radius 3 is 3.17 bits per heavy atom. The zero-order chi connectivity index (χ0) is 17.1. The molecule has 0 saturated carbocycles. The SMILES string of the molecule is CN(C)C(=O)CO[C@@H]1CCOC[C@@H]1Nc1nc(N)nc2[nH]ncc12. The minimum atomic E-state index is -0.166. The molecule has 1 amide bonds. The predicted octanol–water partition coefficient (Wildman–Crippen LogP) is -0.391. The highest BCUT2D eigenvalue weighted by atomic mass is 16.5. The van der Waals surface area contributed by atoms with Gasteiger partial charge < -0.3 is 25.4 Å². The molecule has 3 rings (SSSR count). The lowest BCUT2D eigenvalue weighted by Gasteiger charge is -2.32. The van der Waals surface area contributed by atoms with Crippen molar-refractivity contribution in [1.82, 2.24) is 25.1 Å². The number of carbonyl (C=O) groups excluding carboxylic acids is 1. The second-order valence-electron chi connectivity index (χ2n) is 5.81. The summed E-state index contributed by atoms with van der Waals surface area (Å²) >= 11 is 0. The first kappa shape index (κ1) is 16.4. The van der Waals surface area contributed by atoms with E-state index in [4.69, 9.17) is 15.2 Å². The number of nitrogen functional groups attached to an aromatic ring is 1. The summed E-state index contributed by atoms with van der Waals surface area (Å²) in [7, 11) is 3.40. The van der Waals surface area contributed by atoms with E-state index < -0.39 is 0 Å². The summed E-state index contributed by atoms with van der Waals surface area (Å²) in [5.74, 6) is 0.629. The van der Waals surface area contributed by atoms with Crippen LogP contribution in [0, 0.1) is 0 Å². The van der Waals surface area contributed by atoms with Gasteiger partial charge in [0.05, 0.1) is 30.3 Å². The van der Waals surface area contributed by atoms with Crippen LogP contribution < -0.4 is 11.1 Å². The molecule has 2 aromatic heterocycles. The van der Waals surface area contributed by atoms with Crippen LogP contribution in [0.4, 0.5) is 11.8 Å². The summed E-state index contributed by atoms with van der Waals surface area (Å²) in [5.41, 5.74) is 6.29. The summed E-state index contributed by atoms with van der Waals surface area (Å²) in [6.45, 7) is 1.07. The molecule has 0 unspecified atom stereocenters. The Balaban J connectivity index is 1.73. The van der Waals surface area contributed by atoms with Gasteiger partial charge in [-0.15, -0.1) is 0 Å². The maximum atomic E-state index is 11.7. The maximum absolute atomic E-state index is 11.7. The van der Waals surface area contributed by atoms with Crippen molar-refractivity contribution in [3.63, 3.8) is 0 Å². The molecule has 24 heavy (non-hydrogen) atoms. The Hall–Kier alpha value is -2.46. The van der Waals surface area contributed by atoms with Crippen LogP contribution >= 0.6 is 0 Å². The van der Waals surface area contributed by atoms with Crippen molar-refractivity contribution in [3.05, 3.63) is 6.20 Å². The predicted molar refractivity (Wildman–Crippen MR) is 87.4 cm³/mol. The molecule has 10 nitrogen and oxygen atoms in total. The zero-order valence-corrected chi connectivity index (χ0v) is 13.7. The molecule has 4 N–H and O–H groups in total. The fourth-order valence-corrected chi connectivity index (χ4v) is 2.50. The monoisotopic (exact) mass is 335 g/mol. The summed E-state index contributed by atoms with van der Waals surface area (Å²) < 4.78 is 11.3. The van der Waals surface area contributed by atoms with Gasteiger partial charge in [-0.2, -0.15) is 15.1 Å². The Morgan fingerprint density at radius 1 is 1.54 bits per heavy atom. The third kappa shape index (κ3) is 3.54. The number of H-pyrrole nitrogens is 1. The lowest BCUT2D eigenvalue weighted by Crippen LogP contribution is -2.45. The van der Waals surface area contributed by atoms with Crippen LogP contribution in [-0.4, -0.2) is 77.0 Å². The van der Waals surface area contributed by atoms with Crippen LogP contribution in [0.15, 0.2) is 6.20 Å². The minimum Gasteiger partial charge on any atom is -0.379 e. The normalized spacial score (nSPS) is 20.9. The number of rotatable bonds is 5. The van der Waals surface area contributed by atoms with Gasteiger partial charge in [-0.1, -0.05) is 0 Å². The largest absolute Gasteiger partial charge is 0.379 e. The van der Waals surface area contributed by atoms with Gasteiger partial charge in [-0.25, -0.2) is 0 Å². The lowest BCUT2D eigenvalue weighted by molar-refractivity contribution is -0.138. The van der Waals surface area contributed by atoms with Crippen molar-refractivity contribution in [2.24, 2.45) is 0 Å². The third-order valence-corrected chi connectivity index (χ3v) is 3.86. The standard InChI is InChI=1S/C14H21N7O3/c1-21(2)11(22)7-24-10-3-4-23-6-9(10)17-12-8-5-16-20-13(8)19-14(15)18-12/h5,9-10H,3-4,6-7H2,1-2H3,(H4,15,16,17,18,19,20)/t9-,10+/m0/s1. The lowest BCUT2D eigenvalue weighted by atomic mass is 10.1. The van der Waals surface area contributed by atoms with E-state index in [2.05, 4.69) is 25.5 Å². The summed E-state index contributed by atoms with van der Waals surface area (Å²) in [6.07, 6.45) is 2.15. The molecule has 2 atom stereocenters. The minimum absolute atomic E-state index is 0.0306. The number of nitrogens with zero attached hydrogens (tertiary/aromatic N) is 4. The van der Waals surface area contributed by atoms with E-state index in [-0.39, 0.29) is 30.6 Å². The first-order valence-corrected chi connectivity index (χ1v) is 7.67. The van der Waals surface area contributed by atoms with E-state index in [0.29, 0.717) is 31.1 Å². The summed E-state index contributed by atoms with van der Waals surface area (Å²) in [4.78, 5) is 21.6. The quantitative estimate of drug-likeness (QED) is 0.673. The van der Waals surface area contributed by atoms with Crippen LogP contribution in [0.1, 0.15) is 6.42 Å². The smallest absolute Gasteiger partial charge is 0.248 e. The fourth-order valence-electron chi connectivity index (χ4n) is 2.50. The van der Waals surface area contributed by atoms with Gasteiger partial charge in [0.25, 0.3) is 0 Å². The first-order valence-electron chi connectivity index (χ1n) is 7.67. The zero-order valence-electron chi connectivity index (χ0n) is 13.7. The maximum Gasteiger partial charge on any atom is 0.248 e. The number of ether oxygens (including phenoxy) is 2. The Kier molecular flexibility index (Phi) is 4.76. The Bertz CT molecular complexity index is 717. The second kappa shape index (κ2) is 6.97. The molecule has 1 aliphatic rings. The number of hydrogen-bond acceptors (Lipinski definition) is 8. The van der Waals surface area contributed by atoms with E-state index in [1.165, 1.54) is 4.90 Å². The highest BCUT2D eigenvalue weighted by Crippen LogP contribution is 2.22. The highest BCUT2D eigenvalue weighted by Gasteiger charge is 2.28. The number of amides is 1. The van der Waals surface area contributed by atoms with Gasteiger partial charge >= 0.3 is 0 Å². The molecule has 1 aliphatic heterocycles. The molecule has 0 bridgehead atoms. The average molecular weight is 335 g/mol. The molecule has 0 radical (unpaired) electrons. The molecule has 3 heterocycles.